The van der Waals surface area contributed by atoms with Crippen molar-refractivity contribution in [2.75, 3.05) is 11.6 Å². The lowest BCUT2D eigenvalue weighted by Gasteiger charge is -2.09. The molecule has 0 spiro atoms. The summed E-state index contributed by atoms with van der Waals surface area (Å²) in [5.74, 6) is -0.479. The number of carbonyl (C=O) groups excluding carboxylic acids is 1. The van der Waals surface area contributed by atoms with Gasteiger partial charge in [-0.1, -0.05) is 12.1 Å². The maximum atomic E-state index is 12.0. The Morgan fingerprint density at radius 2 is 2.11 bits per heavy atom. The van der Waals surface area contributed by atoms with Crippen molar-refractivity contribution in [3.63, 3.8) is 0 Å². The van der Waals surface area contributed by atoms with Crippen LogP contribution in [0.2, 0.25) is 0 Å². The molecule has 18 heavy (non-hydrogen) atoms. The molecule has 1 heterocycles. The first-order valence-corrected chi connectivity index (χ1v) is 6.52. The van der Waals surface area contributed by atoms with Gasteiger partial charge in [0.1, 0.15) is 5.75 Å². The van der Waals surface area contributed by atoms with Gasteiger partial charge in [-0.05, 0) is 24.5 Å². The highest BCUT2D eigenvalue weighted by atomic mass is 32.2. The van der Waals surface area contributed by atoms with Crippen LogP contribution in [0.5, 0.6) is 5.75 Å². The second-order valence-electron chi connectivity index (χ2n) is 3.55. The molecule has 0 atom stereocenters. The Hall–Kier alpha value is -2.01. The van der Waals surface area contributed by atoms with Gasteiger partial charge in [-0.25, -0.2) is 0 Å². The fourth-order valence-corrected chi connectivity index (χ4v) is 2.07. The van der Waals surface area contributed by atoms with Gasteiger partial charge in [0, 0.05) is 11.1 Å². The number of para-hydroxylation sites is 1. The molecule has 1 amide bonds. The van der Waals surface area contributed by atoms with E-state index in [1.165, 1.54) is 18.5 Å². The molecular weight excluding hydrogens is 248 g/mol. The number of aromatic nitrogens is 1. The molecule has 0 fully saturated rings. The van der Waals surface area contributed by atoms with Gasteiger partial charge in [0.05, 0.1) is 17.4 Å². The van der Waals surface area contributed by atoms with Gasteiger partial charge in [-0.2, -0.15) is 0 Å². The fourth-order valence-electron chi connectivity index (χ4n) is 1.52. The lowest BCUT2D eigenvalue weighted by atomic mass is 10.2. The van der Waals surface area contributed by atoms with Crippen molar-refractivity contribution in [3.8, 4) is 5.75 Å². The van der Waals surface area contributed by atoms with Gasteiger partial charge in [-0.3, -0.25) is 9.78 Å². The zero-order valence-corrected chi connectivity index (χ0v) is 10.6. The van der Waals surface area contributed by atoms with Crippen molar-refractivity contribution in [2.24, 2.45) is 0 Å². The Bertz CT molecular complexity index is 572. The molecule has 0 aliphatic rings. The van der Waals surface area contributed by atoms with Crippen molar-refractivity contribution in [1.82, 2.24) is 4.98 Å². The van der Waals surface area contributed by atoms with Crippen molar-refractivity contribution < 1.29 is 9.90 Å². The number of nitrogens with zero attached hydrogens (tertiary/aromatic N) is 1. The van der Waals surface area contributed by atoms with E-state index in [0.717, 1.165) is 10.6 Å². The Balaban J connectivity index is 2.24. The Morgan fingerprint density at radius 1 is 1.33 bits per heavy atom. The third-order valence-corrected chi connectivity index (χ3v) is 3.20. The van der Waals surface area contributed by atoms with Gasteiger partial charge in [0.2, 0.25) is 0 Å². The number of amides is 1. The van der Waals surface area contributed by atoms with Crippen molar-refractivity contribution in [2.45, 2.75) is 4.90 Å². The van der Waals surface area contributed by atoms with Crippen molar-refractivity contribution >= 4 is 23.4 Å². The lowest BCUT2D eigenvalue weighted by Crippen LogP contribution is -2.12. The van der Waals surface area contributed by atoms with Gasteiger partial charge in [-0.15, -0.1) is 11.8 Å². The standard InChI is InChI=1S/C13H12N2O2S/c1-18-12-5-3-2-4-10(12)15-13(17)9-6-7-14-8-11(9)16/h2-8,16H,1H3,(H,15,17). The monoisotopic (exact) mass is 260 g/mol. The van der Waals surface area contributed by atoms with E-state index in [2.05, 4.69) is 10.3 Å². The number of anilines is 1. The number of aromatic hydroxyl groups is 1. The Labute approximate surface area is 109 Å². The Kier molecular flexibility index (Phi) is 3.84. The summed E-state index contributed by atoms with van der Waals surface area (Å²) in [6, 6.07) is 8.98. The van der Waals surface area contributed by atoms with Crippen LogP contribution < -0.4 is 5.32 Å². The summed E-state index contributed by atoms with van der Waals surface area (Å²) >= 11 is 1.55. The van der Waals surface area contributed by atoms with Crippen LogP contribution in [0.3, 0.4) is 0 Å². The third kappa shape index (κ3) is 2.62. The molecule has 2 rings (SSSR count). The first kappa shape index (κ1) is 12.4. The van der Waals surface area contributed by atoms with Crippen molar-refractivity contribution in [3.05, 3.63) is 48.3 Å². The second-order valence-corrected chi connectivity index (χ2v) is 4.40. The first-order valence-electron chi connectivity index (χ1n) is 5.29. The molecule has 1 aromatic carbocycles. The average Bonchev–Trinajstić information content (AvgIpc) is 2.39. The quantitative estimate of drug-likeness (QED) is 0.833. The summed E-state index contributed by atoms with van der Waals surface area (Å²) in [6.45, 7) is 0. The average molecular weight is 260 g/mol. The number of pyridine rings is 1. The molecule has 4 nitrogen and oxygen atoms in total. The van der Waals surface area contributed by atoms with Crippen LogP contribution in [0, 0.1) is 0 Å². The highest BCUT2D eigenvalue weighted by Crippen LogP contribution is 2.25. The van der Waals surface area contributed by atoms with Crippen LogP contribution in [0.15, 0.2) is 47.6 Å². The van der Waals surface area contributed by atoms with Gasteiger partial charge >= 0.3 is 0 Å². The van der Waals surface area contributed by atoms with E-state index in [1.54, 1.807) is 11.8 Å². The van der Waals surface area contributed by atoms with Gasteiger partial charge in [0.15, 0.2) is 0 Å². The van der Waals surface area contributed by atoms with Gasteiger partial charge < -0.3 is 10.4 Å². The van der Waals surface area contributed by atoms with Crippen LogP contribution in [-0.2, 0) is 0 Å². The summed E-state index contributed by atoms with van der Waals surface area (Å²) in [4.78, 5) is 16.7. The van der Waals surface area contributed by atoms with E-state index in [0.29, 0.717) is 0 Å². The van der Waals surface area contributed by atoms with Crippen LogP contribution in [0.25, 0.3) is 0 Å². The van der Waals surface area contributed by atoms with Crippen LogP contribution in [0.1, 0.15) is 10.4 Å². The predicted molar refractivity (Wildman–Crippen MR) is 72.1 cm³/mol. The number of rotatable bonds is 3. The zero-order chi connectivity index (χ0) is 13.0. The number of carbonyl (C=O) groups is 1. The highest BCUT2D eigenvalue weighted by Gasteiger charge is 2.12. The summed E-state index contributed by atoms with van der Waals surface area (Å²) in [5.41, 5.74) is 0.937. The molecule has 0 unspecified atom stereocenters. The maximum Gasteiger partial charge on any atom is 0.259 e. The molecule has 0 saturated carbocycles. The summed E-state index contributed by atoms with van der Waals surface area (Å²) in [7, 11) is 0. The number of benzene rings is 1. The minimum atomic E-state index is -0.351. The van der Waals surface area contributed by atoms with Gasteiger partial charge in [0.25, 0.3) is 5.91 Å². The van der Waals surface area contributed by atoms with E-state index in [4.69, 9.17) is 0 Å². The van der Waals surface area contributed by atoms with E-state index in [-0.39, 0.29) is 17.2 Å². The predicted octanol–water partition coefficient (Wildman–Crippen LogP) is 2.76. The molecule has 2 N–H and O–H groups in total. The summed E-state index contributed by atoms with van der Waals surface area (Å²) in [5, 5.41) is 12.3. The van der Waals surface area contributed by atoms with E-state index < -0.39 is 0 Å². The minimum absolute atomic E-state index is 0.128. The smallest absolute Gasteiger partial charge is 0.259 e. The highest BCUT2D eigenvalue weighted by molar-refractivity contribution is 7.98. The van der Waals surface area contributed by atoms with Crippen LogP contribution in [0.4, 0.5) is 5.69 Å². The van der Waals surface area contributed by atoms with E-state index in [1.807, 2.05) is 30.5 Å². The minimum Gasteiger partial charge on any atom is -0.505 e. The molecule has 0 bridgehead atoms. The maximum absolute atomic E-state index is 12.0. The molecule has 2 aromatic rings. The van der Waals surface area contributed by atoms with Crippen LogP contribution in [-0.4, -0.2) is 22.3 Å². The third-order valence-electron chi connectivity index (χ3n) is 2.40. The molecule has 0 saturated heterocycles. The number of thioether (sulfide) groups is 1. The molecule has 1 aromatic heterocycles. The summed E-state index contributed by atoms with van der Waals surface area (Å²) in [6.07, 6.45) is 4.65. The normalized spacial score (nSPS) is 10.1. The molecular formula is C13H12N2O2S. The van der Waals surface area contributed by atoms with E-state index in [9.17, 15) is 9.90 Å². The van der Waals surface area contributed by atoms with E-state index >= 15 is 0 Å². The topological polar surface area (TPSA) is 62.2 Å². The molecule has 0 aliphatic carbocycles. The van der Waals surface area contributed by atoms with Crippen molar-refractivity contribution in [1.29, 1.82) is 0 Å². The number of hydrogen-bond donors (Lipinski definition) is 2. The Morgan fingerprint density at radius 3 is 2.83 bits per heavy atom. The molecule has 92 valence electrons. The summed E-state index contributed by atoms with van der Waals surface area (Å²) < 4.78 is 0. The number of nitrogens with one attached hydrogen (secondary N) is 1. The lowest BCUT2D eigenvalue weighted by molar-refractivity contribution is 0.102. The second kappa shape index (κ2) is 5.55. The number of hydrogen-bond acceptors (Lipinski definition) is 4. The SMILES string of the molecule is CSc1ccccc1NC(=O)c1ccncc1O. The largest absolute Gasteiger partial charge is 0.505 e. The molecule has 0 aliphatic heterocycles. The first-order chi connectivity index (χ1) is 8.72. The zero-order valence-electron chi connectivity index (χ0n) is 9.75. The molecule has 5 heteroatoms. The fraction of sp³-hybridized carbons (Fsp3) is 0.0769. The molecule has 0 radical (unpaired) electrons. The van der Waals surface area contributed by atoms with Crippen LogP contribution >= 0.6 is 11.8 Å².